The second-order valence-electron chi connectivity index (χ2n) is 4.50. The molecule has 0 aliphatic rings. The van der Waals surface area contributed by atoms with Crippen LogP contribution in [0.15, 0.2) is 34.9 Å². The first-order valence-electron chi connectivity index (χ1n) is 6.65. The Morgan fingerprint density at radius 2 is 2.05 bits per heavy atom. The molecule has 0 unspecified atom stereocenters. The Bertz CT molecular complexity index is 666. The number of nitrogens with two attached hydrogens (primary N) is 1. The lowest BCUT2D eigenvalue weighted by Crippen LogP contribution is -2.04. The number of ether oxygens (including phenoxy) is 1. The van der Waals surface area contributed by atoms with E-state index in [0.29, 0.717) is 24.3 Å². The third-order valence-electron chi connectivity index (χ3n) is 3.13. The average Bonchev–Trinajstić information content (AvgIpc) is 2.86. The number of hydrogen-bond acceptors (Lipinski definition) is 4. The lowest BCUT2D eigenvalue weighted by Gasteiger charge is -2.04. The van der Waals surface area contributed by atoms with E-state index < -0.39 is 0 Å². The summed E-state index contributed by atoms with van der Waals surface area (Å²) in [5.41, 5.74) is 8.37. The molecule has 2 N–H and O–H groups in total. The number of rotatable bonds is 5. The molecule has 5 nitrogen and oxygen atoms in total. The van der Waals surface area contributed by atoms with Gasteiger partial charge in [-0.2, -0.15) is 0 Å². The molecule has 2 rings (SSSR count). The summed E-state index contributed by atoms with van der Waals surface area (Å²) < 4.78 is 9.99. The van der Waals surface area contributed by atoms with Crippen LogP contribution in [0, 0.1) is 6.57 Å². The fourth-order valence-electron chi connectivity index (χ4n) is 2.01. The van der Waals surface area contributed by atoms with Crippen molar-refractivity contribution in [3.63, 3.8) is 0 Å². The molecule has 0 saturated carbocycles. The van der Waals surface area contributed by atoms with E-state index in [2.05, 4.69) is 4.85 Å². The molecule has 0 atom stereocenters. The number of anilines is 1. The maximum atomic E-state index is 11.5. The van der Waals surface area contributed by atoms with Crippen LogP contribution in [0.1, 0.15) is 28.4 Å². The molecule has 108 valence electrons. The number of nitrogen functional groups attached to an aromatic ring is 1. The van der Waals surface area contributed by atoms with E-state index in [-0.39, 0.29) is 11.9 Å². The molecule has 0 fully saturated rings. The van der Waals surface area contributed by atoms with E-state index in [0.717, 1.165) is 17.5 Å². The van der Waals surface area contributed by atoms with Crippen LogP contribution in [0.4, 0.5) is 11.6 Å². The predicted octanol–water partition coefficient (Wildman–Crippen LogP) is 3.37. The molecule has 0 radical (unpaired) electrons. The Morgan fingerprint density at radius 3 is 2.67 bits per heavy atom. The van der Waals surface area contributed by atoms with E-state index in [9.17, 15) is 4.79 Å². The first kappa shape index (κ1) is 14.7. The van der Waals surface area contributed by atoms with E-state index in [1.807, 2.05) is 12.1 Å². The molecular formula is C16H16N2O3. The second-order valence-corrected chi connectivity index (χ2v) is 4.50. The highest BCUT2D eigenvalue weighted by atomic mass is 16.5. The molecule has 5 heteroatoms. The number of carbonyl (C=O) groups is 1. The van der Waals surface area contributed by atoms with E-state index in [4.69, 9.17) is 21.5 Å². The van der Waals surface area contributed by atoms with Gasteiger partial charge in [-0.15, -0.1) is 0 Å². The van der Waals surface area contributed by atoms with Crippen LogP contribution >= 0.6 is 0 Å². The van der Waals surface area contributed by atoms with E-state index in [1.54, 1.807) is 19.1 Å². The summed E-state index contributed by atoms with van der Waals surface area (Å²) in [4.78, 5) is 14.9. The smallest absolute Gasteiger partial charge is 0.338 e. The molecular weight excluding hydrogens is 268 g/mol. The number of nitrogens with zero attached hydrogens (tertiary/aromatic N) is 1. The molecule has 0 amide bonds. The Hall–Kier alpha value is -2.74. The third kappa shape index (κ3) is 3.42. The standard InChI is InChI=1S/C16H16N2O3/c1-3-20-16(19)12-7-4-11(5-8-12)6-9-13-10-21-15(17)14(13)18-2/h4-5,7-8,10H,3,6,9,17H2,1H3. The Kier molecular flexibility index (Phi) is 4.62. The molecule has 0 saturated heterocycles. The zero-order valence-corrected chi connectivity index (χ0v) is 11.8. The number of furan rings is 1. The van der Waals surface area contributed by atoms with Crippen LogP contribution in [0.5, 0.6) is 0 Å². The van der Waals surface area contributed by atoms with Crippen LogP contribution in [-0.2, 0) is 17.6 Å². The van der Waals surface area contributed by atoms with Gasteiger partial charge in [0.1, 0.15) is 0 Å². The number of carbonyl (C=O) groups excluding carboxylic acids is 1. The van der Waals surface area contributed by atoms with Crippen LogP contribution in [-0.4, -0.2) is 12.6 Å². The Labute approximate surface area is 123 Å². The minimum atomic E-state index is -0.318. The molecule has 0 aliphatic heterocycles. The van der Waals surface area contributed by atoms with E-state index >= 15 is 0 Å². The van der Waals surface area contributed by atoms with Crippen LogP contribution in [0.3, 0.4) is 0 Å². The highest BCUT2D eigenvalue weighted by molar-refractivity contribution is 5.89. The predicted molar refractivity (Wildman–Crippen MR) is 79.2 cm³/mol. The van der Waals surface area contributed by atoms with Crippen molar-refractivity contribution in [2.75, 3.05) is 12.3 Å². The first-order chi connectivity index (χ1) is 10.2. The summed E-state index contributed by atoms with van der Waals surface area (Å²) in [6.07, 6.45) is 2.93. The van der Waals surface area contributed by atoms with Crippen molar-refractivity contribution in [3.8, 4) is 0 Å². The Balaban J connectivity index is 2.01. The minimum Gasteiger partial charge on any atom is -0.462 e. The average molecular weight is 284 g/mol. The summed E-state index contributed by atoms with van der Waals surface area (Å²) in [5.74, 6) is -0.153. The van der Waals surface area contributed by atoms with Crippen molar-refractivity contribution in [2.45, 2.75) is 19.8 Å². The molecule has 0 aliphatic carbocycles. The Morgan fingerprint density at radius 1 is 1.33 bits per heavy atom. The maximum Gasteiger partial charge on any atom is 0.338 e. The number of aryl methyl sites for hydroxylation is 2. The fraction of sp³-hybridized carbons (Fsp3) is 0.250. The number of hydrogen-bond donors (Lipinski definition) is 1. The van der Waals surface area contributed by atoms with Gasteiger partial charge >= 0.3 is 5.97 Å². The number of benzene rings is 1. The SMILES string of the molecule is [C-]#[N+]c1c(CCc2ccc(C(=O)OCC)cc2)coc1N. The van der Waals surface area contributed by atoms with Gasteiger partial charge in [-0.1, -0.05) is 12.1 Å². The lowest BCUT2D eigenvalue weighted by atomic mass is 10.0. The van der Waals surface area contributed by atoms with Crippen molar-refractivity contribution >= 4 is 17.5 Å². The van der Waals surface area contributed by atoms with Gasteiger partial charge in [-0.3, -0.25) is 0 Å². The van der Waals surface area contributed by atoms with Gasteiger partial charge in [0.2, 0.25) is 0 Å². The van der Waals surface area contributed by atoms with Gasteiger partial charge in [0.05, 0.1) is 25.0 Å². The summed E-state index contributed by atoms with van der Waals surface area (Å²) in [7, 11) is 0. The summed E-state index contributed by atoms with van der Waals surface area (Å²) in [5, 5.41) is 0. The van der Waals surface area contributed by atoms with Gasteiger partial charge in [0.25, 0.3) is 5.69 Å². The van der Waals surface area contributed by atoms with Crippen molar-refractivity contribution in [2.24, 2.45) is 0 Å². The third-order valence-corrected chi connectivity index (χ3v) is 3.13. The van der Waals surface area contributed by atoms with Gasteiger partial charge in [-0.05, 0) is 43.0 Å². The molecule has 0 bridgehead atoms. The number of esters is 1. The van der Waals surface area contributed by atoms with Gasteiger partial charge in [-0.25, -0.2) is 9.64 Å². The molecule has 1 aromatic heterocycles. The topological polar surface area (TPSA) is 69.8 Å². The quantitative estimate of drug-likeness (QED) is 0.675. The minimum absolute atomic E-state index is 0.164. The maximum absolute atomic E-state index is 11.5. The van der Waals surface area contributed by atoms with Crippen molar-refractivity contribution in [3.05, 3.63) is 58.6 Å². The second kappa shape index (κ2) is 6.62. The zero-order chi connectivity index (χ0) is 15.2. The van der Waals surface area contributed by atoms with Crippen LogP contribution in [0.2, 0.25) is 0 Å². The van der Waals surface area contributed by atoms with Gasteiger partial charge in [0.15, 0.2) is 5.88 Å². The summed E-state index contributed by atoms with van der Waals surface area (Å²) in [6, 6.07) is 7.25. The zero-order valence-electron chi connectivity index (χ0n) is 11.8. The van der Waals surface area contributed by atoms with Crippen LogP contribution in [0.25, 0.3) is 4.85 Å². The summed E-state index contributed by atoms with van der Waals surface area (Å²) >= 11 is 0. The molecule has 2 aromatic rings. The fourth-order valence-corrected chi connectivity index (χ4v) is 2.01. The molecule has 21 heavy (non-hydrogen) atoms. The highest BCUT2D eigenvalue weighted by Gasteiger charge is 2.11. The van der Waals surface area contributed by atoms with Crippen molar-refractivity contribution in [1.29, 1.82) is 0 Å². The van der Waals surface area contributed by atoms with Crippen molar-refractivity contribution in [1.82, 2.24) is 0 Å². The molecule has 1 aromatic carbocycles. The van der Waals surface area contributed by atoms with E-state index in [1.165, 1.54) is 6.26 Å². The molecule has 1 heterocycles. The van der Waals surface area contributed by atoms with Gasteiger partial charge in [0, 0.05) is 0 Å². The largest absolute Gasteiger partial charge is 0.462 e. The van der Waals surface area contributed by atoms with Crippen LogP contribution < -0.4 is 5.73 Å². The monoisotopic (exact) mass is 284 g/mol. The highest BCUT2D eigenvalue weighted by Crippen LogP contribution is 2.29. The first-order valence-corrected chi connectivity index (χ1v) is 6.65. The normalized spacial score (nSPS) is 10.1. The van der Waals surface area contributed by atoms with Crippen molar-refractivity contribution < 1.29 is 13.9 Å². The lowest BCUT2D eigenvalue weighted by molar-refractivity contribution is 0.0526. The summed E-state index contributed by atoms with van der Waals surface area (Å²) in [6.45, 7) is 9.21. The molecule has 0 spiro atoms. The van der Waals surface area contributed by atoms with Gasteiger partial charge < -0.3 is 14.9 Å².